The maximum atomic E-state index is 12.0. The summed E-state index contributed by atoms with van der Waals surface area (Å²) >= 11 is 0. The molecule has 2 aromatic heterocycles. The van der Waals surface area contributed by atoms with Gasteiger partial charge in [0.2, 0.25) is 17.6 Å². The van der Waals surface area contributed by atoms with Crippen LogP contribution < -0.4 is 10.1 Å². The molecule has 8 nitrogen and oxygen atoms in total. The summed E-state index contributed by atoms with van der Waals surface area (Å²) in [4.78, 5) is 16.3. The van der Waals surface area contributed by atoms with Crippen LogP contribution in [-0.2, 0) is 17.6 Å². The van der Waals surface area contributed by atoms with E-state index in [1.807, 2.05) is 44.3 Å². The Labute approximate surface area is 163 Å². The maximum Gasteiger partial charge on any atom is 0.227 e. The van der Waals surface area contributed by atoms with Gasteiger partial charge in [0, 0.05) is 30.6 Å². The molecule has 0 fully saturated rings. The lowest BCUT2D eigenvalue weighted by Crippen LogP contribution is -2.25. The number of H-pyrrole nitrogens is 1. The average Bonchev–Trinajstić information content (AvgIpc) is 3.34. The molecule has 0 unspecified atom stereocenters. The lowest BCUT2D eigenvalue weighted by Gasteiger charge is -2.04. The molecule has 148 valence electrons. The maximum absolute atomic E-state index is 12.0. The summed E-state index contributed by atoms with van der Waals surface area (Å²) in [6, 6.07) is 7.50. The van der Waals surface area contributed by atoms with Crippen LogP contribution in [0.3, 0.4) is 0 Å². The fraction of sp³-hybridized carbons (Fsp3) is 0.400. The molecule has 28 heavy (non-hydrogen) atoms. The SMILES string of the molecule is CCOc1ccc(-c2noc(CCC(=O)NCCCc3cn[nH]c3C)n2)cc1. The van der Waals surface area contributed by atoms with Gasteiger partial charge in [-0.05, 0) is 56.5 Å². The first-order chi connectivity index (χ1) is 13.7. The Balaban J connectivity index is 1.40. The summed E-state index contributed by atoms with van der Waals surface area (Å²) in [5.74, 6) is 1.74. The number of nitrogens with zero attached hydrogens (tertiary/aromatic N) is 3. The first kappa shape index (κ1) is 19.6. The van der Waals surface area contributed by atoms with Crippen LogP contribution in [0.5, 0.6) is 5.75 Å². The number of aromatic nitrogens is 4. The van der Waals surface area contributed by atoms with Crippen molar-refractivity contribution < 1.29 is 14.1 Å². The third kappa shape index (κ3) is 5.42. The van der Waals surface area contributed by atoms with Crippen molar-refractivity contribution >= 4 is 5.91 Å². The molecule has 2 N–H and O–H groups in total. The molecule has 3 rings (SSSR count). The molecular weight excluding hydrogens is 358 g/mol. The van der Waals surface area contributed by atoms with Gasteiger partial charge in [-0.15, -0.1) is 0 Å². The highest BCUT2D eigenvalue weighted by Gasteiger charge is 2.11. The van der Waals surface area contributed by atoms with E-state index in [2.05, 4.69) is 25.7 Å². The number of nitrogens with one attached hydrogen (secondary N) is 2. The summed E-state index contributed by atoms with van der Waals surface area (Å²) < 4.78 is 10.7. The van der Waals surface area contributed by atoms with Gasteiger partial charge in [-0.2, -0.15) is 10.1 Å². The number of amides is 1. The number of hydrogen-bond acceptors (Lipinski definition) is 6. The third-order valence-corrected chi connectivity index (χ3v) is 4.34. The van der Waals surface area contributed by atoms with Crippen LogP contribution in [0.2, 0.25) is 0 Å². The average molecular weight is 383 g/mol. The molecule has 0 aliphatic heterocycles. The number of rotatable bonds is 10. The minimum atomic E-state index is -0.0234. The number of carbonyl (C=O) groups is 1. The first-order valence-electron chi connectivity index (χ1n) is 9.47. The zero-order valence-electron chi connectivity index (χ0n) is 16.2. The van der Waals surface area contributed by atoms with E-state index in [9.17, 15) is 4.79 Å². The van der Waals surface area contributed by atoms with Crippen LogP contribution in [0.15, 0.2) is 35.0 Å². The van der Waals surface area contributed by atoms with Crippen molar-refractivity contribution in [2.45, 2.75) is 39.5 Å². The summed E-state index contributed by atoms with van der Waals surface area (Å²) in [7, 11) is 0. The highest BCUT2D eigenvalue weighted by molar-refractivity contribution is 5.76. The van der Waals surface area contributed by atoms with Crippen molar-refractivity contribution in [2.24, 2.45) is 0 Å². The van der Waals surface area contributed by atoms with Crippen LogP contribution in [0.25, 0.3) is 11.4 Å². The second-order valence-corrected chi connectivity index (χ2v) is 6.44. The van der Waals surface area contributed by atoms with Crippen LogP contribution in [0, 0.1) is 6.92 Å². The van der Waals surface area contributed by atoms with Crippen molar-refractivity contribution in [3.63, 3.8) is 0 Å². The van der Waals surface area contributed by atoms with Crippen molar-refractivity contribution in [2.75, 3.05) is 13.2 Å². The molecule has 2 heterocycles. The van der Waals surface area contributed by atoms with Crippen LogP contribution in [0.1, 0.15) is 36.9 Å². The Morgan fingerprint density at radius 1 is 1.25 bits per heavy atom. The van der Waals surface area contributed by atoms with Crippen LogP contribution >= 0.6 is 0 Å². The predicted octanol–water partition coefficient (Wildman–Crippen LogP) is 2.85. The molecule has 0 aliphatic rings. The van der Waals surface area contributed by atoms with E-state index < -0.39 is 0 Å². The van der Waals surface area contributed by atoms with Crippen molar-refractivity contribution in [1.82, 2.24) is 25.7 Å². The highest BCUT2D eigenvalue weighted by atomic mass is 16.5. The fourth-order valence-corrected chi connectivity index (χ4v) is 2.78. The minimum Gasteiger partial charge on any atom is -0.494 e. The van der Waals surface area contributed by atoms with Gasteiger partial charge in [0.1, 0.15) is 5.75 Å². The summed E-state index contributed by atoms with van der Waals surface area (Å²) in [5, 5.41) is 13.8. The van der Waals surface area contributed by atoms with Gasteiger partial charge in [0.25, 0.3) is 0 Å². The number of carbonyl (C=O) groups excluding carboxylic acids is 1. The summed E-state index contributed by atoms with van der Waals surface area (Å²) in [6.07, 6.45) is 4.31. The highest BCUT2D eigenvalue weighted by Crippen LogP contribution is 2.20. The molecule has 0 atom stereocenters. The summed E-state index contributed by atoms with van der Waals surface area (Å²) in [6.45, 7) is 5.18. The number of aryl methyl sites for hydroxylation is 3. The zero-order valence-corrected chi connectivity index (χ0v) is 16.2. The number of ether oxygens (including phenoxy) is 1. The molecule has 8 heteroatoms. The lowest BCUT2D eigenvalue weighted by molar-refractivity contribution is -0.121. The molecular formula is C20H25N5O3. The van der Waals surface area contributed by atoms with Gasteiger partial charge < -0.3 is 14.6 Å². The van der Waals surface area contributed by atoms with Crippen molar-refractivity contribution in [3.05, 3.63) is 47.6 Å². The van der Waals surface area contributed by atoms with E-state index in [0.29, 0.717) is 37.7 Å². The van der Waals surface area contributed by atoms with Gasteiger partial charge in [-0.1, -0.05) is 5.16 Å². The topological polar surface area (TPSA) is 106 Å². The Morgan fingerprint density at radius 3 is 2.79 bits per heavy atom. The second kappa shape index (κ2) is 9.68. The summed E-state index contributed by atoms with van der Waals surface area (Å²) in [5.41, 5.74) is 3.10. The van der Waals surface area contributed by atoms with E-state index in [-0.39, 0.29) is 5.91 Å². The van der Waals surface area contributed by atoms with Crippen molar-refractivity contribution in [1.29, 1.82) is 0 Å². The molecule has 1 amide bonds. The second-order valence-electron chi connectivity index (χ2n) is 6.44. The molecule has 0 saturated heterocycles. The van der Waals surface area contributed by atoms with Gasteiger partial charge in [0.15, 0.2) is 0 Å². The third-order valence-electron chi connectivity index (χ3n) is 4.34. The largest absolute Gasteiger partial charge is 0.494 e. The van der Waals surface area contributed by atoms with E-state index in [1.165, 1.54) is 5.56 Å². The number of benzene rings is 1. The Kier molecular flexibility index (Phi) is 6.78. The molecule has 1 aromatic carbocycles. The van der Waals surface area contributed by atoms with Crippen molar-refractivity contribution in [3.8, 4) is 17.1 Å². The molecule has 0 radical (unpaired) electrons. The monoisotopic (exact) mass is 383 g/mol. The predicted molar refractivity (Wildman–Crippen MR) is 104 cm³/mol. The fourth-order valence-electron chi connectivity index (χ4n) is 2.78. The molecule has 0 aliphatic carbocycles. The van der Waals surface area contributed by atoms with E-state index in [0.717, 1.165) is 29.8 Å². The normalized spacial score (nSPS) is 10.8. The van der Waals surface area contributed by atoms with E-state index in [1.54, 1.807) is 0 Å². The Morgan fingerprint density at radius 2 is 2.07 bits per heavy atom. The zero-order chi connectivity index (χ0) is 19.8. The quantitative estimate of drug-likeness (QED) is 0.522. The number of hydrogen-bond donors (Lipinski definition) is 2. The minimum absolute atomic E-state index is 0.0234. The smallest absolute Gasteiger partial charge is 0.227 e. The van der Waals surface area contributed by atoms with Crippen LogP contribution in [0.4, 0.5) is 0 Å². The lowest BCUT2D eigenvalue weighted by atomic mass is 10.1. The van der Waals surface area contributed by atoms with Gasteiger partial charge in [0.05, 0.1) is 12.8 Å². The van der Waals surface area contributed by atoms with E-state index in [4.69, 9.17) is 9.26 Å². The molecule has 0 saturated carbocycles. The molecule has 3 aromatic rings. The van der Waals surface area contributed by atoms with Gasteiger partial charge in [-0.3, -0.25) is 9.89 Å². The standard InChI is InChI=1S/C20H25N5O3/c1-3-27-17-8-6-15(7-9-17)20-23-19(28-25-20)11-10-18(26)21-12-4-5-16-13-22-24-14(16)2/h6-9,13H,3-5,10-12H2,1-2H3,(H,21,26)(H,22,24). The van der Waals surface area contributed by atoms with E-state index >= 15 is 0 Å². The Bertz CT molecular complexity index is 885. The molecule has 0 spiro atoms. The first-order valence-corrected chi connectivity index (χ1v) is 9.47. The van der Waals surface area contributed by atoms with Crippen LogP contribution in [-0.4, -0.2) is 39.4 Å². The number of aromatic amines is 1. The Hall–Kier alpha value is -3.16. The van der Waals surface area contributed by atoms with Gasteiger partial charge in [-0.25, -0.2) is 0 Å². The molecule has 0 bridgehead atoms. The van der Waals surface area contributed by atoms with Gasteiger partial charge >= 0.3 is 0 Å².